The van der Waals surface area contributed by atoms with Crippen LogP contribution in [0, 0.1) is 0 Å². The van der Waals surface area contributed by atoms with Gasteiger partial charge in [-0.15, -0.1) is 11.3 Å². The van der Waals surface area contributed by atoms with Crippen LogP contribution in [0.2, 0.25) is 8.67 Å². The van der Waals surface area contributed by atoms with E-state index in [1.54, 1.807) is 0 Å². The fourth-order valence-corrected chi connectivity index (χ4v) is 3.43. The second-order valence-electron chi connectivity index (χ2n) is 4.64. The lowest BCUT2D eigenvalue weighted by Crippen LogP contribution is -2.11. The van der Waals surface area contributed by atoms with Crippen LogP contribution in [0.3, 0.4) is 0 Å². The van der Waals surface area contributed by atoms with Gasteiger partial charge >= 0.3 is 0 Å². The summed E-state index contributed by atoms with van der Waals surface area (Å²) in [4.78, 5) is 0. The number of benzene rings is 1. The molecule has 1 atom stereocenters. The van der Waals surface area contributed by atoms with Crippen molar-refractivity contribution in [2.45, 2.75) is 25.0 Å². The van der Waals surface area contributed by atoms with Gasteiger partial charge in [-0.05, 0) is 36.6 Å². The van der Waals surface area contributed by atoms with Crippen LogP contribution >= 0.6 is 34.5 Å². The molecule has 1 aromatic heterocycles. The van der Waals surface area contributed by atoms with Crippen LogP contribution in [0.1, 0.15) is 30.0 Å². The maximum atomic E-state index is 6.22. The van der Waals surface area contributed by atoms with Crippen molar-refractivity contribution in [1.82, 2.24) is 0 Å². The average molecular weight is 314 g/mol. The van der Waals surface area contributed by atoms with Crippen LogP contribution in [-0.4, -0.2) is 6.10 Å². The molecule has 2 N–H and O–H groups in total. The number of hydrogen-bond donors (Lipinski definition) is 1. The second kappa shape index (κ2) is 5.33. The molecule has 1 fully saturated rings. The molecule has 0 aliphatic heterocycles. The number of ether oxygens (including phenoxy) is 1. The van der Waals surface area contributed by atoms with Crippen LogP contribution < -0.4 is 10.5 Å². The highest BCUT2D eigenvalue weighted by atomic mass is 35.5. The third-order valence-electron chi connectivity index (χ3n) is 3.08. The molecule has 3 rings (SSSR count). The van der Waals surface area contributed by atoms with Gasteiger partial charge in [-0.3, -0.25) is 0 Å². The van der Waals surface area contributed by atoms with Gasteiger partial charge in [0.05, 0.1) is 20.8 Å². The van der Waals surface area contributed by atoms with Crippen molar-refractivity contribution < 1.29 is 4.74 Å². The molecular weight excluding hydrogens is 301 g/mol. The molecule has 0 spiro atoms. The predicted octanol–water partition coefficient (Wildman–Crippen LogP) is 4.64. The van der Waals surface area contributed by atoms with Crippen molar-refractivity contribution >= 4 is 34.5 Å². The Hall–Kier alpha value is -0.740. The molecule has 19 heavy (non-hydrogen) atoms. The van der Waals surface area contributed by atoms with E-state index in [4.69, 9.17) is 33.7 Å². The molecule has 5 heteroatoms. The van der Waals surface area contributed by atoms with Crippen molar-refractivity contribution in [3.05, 3.63) is 50.1 Å². The Morgan fingerprint density at radius 3 is 2.42 bits per heavy atom. The van der Waals surface area contributed by atoms with Gasteiger partial charge in [-0.1, -0.05) is 35.3 Å². The number of hydrogen-bond acceptors (Lipinski definition) is 3. The third kappa shape index (κ3) is 3.06. The van der Waals surface area contributed by atoms with Gasteiger partial charge in [0.1, 0.15) is 5.75 Å². The van der Waals surface area contributed by atoms with E-state index >= 15 is 0 Å². The van der Waals surface area contributed by atoms with Gasteiger partial charge in [-0.25, -0.2) is 0 Å². The largest absolute Gasteiger partial charge is 0.490 e. The summed E-state index contributed by atoms with van der Waals surface area (Å²) in [5, 5.41) is 0. The molecule has 0 radical (unpaired) electrons. The molecule has 1 unspecified atom stereocenters. The molecule has 1 saturated carbocycles. The van der Waals surface area contributed by atoms with Crippen molar-refractivity contribution in [3.63, 3.8) is 0 Å². The minimum absolute atomic E-state index is 0.258. The van der Waals surface area contributed by atoms with Gasteiger partial charge in [-0.2, -0.15) is 0 Å². The van der Waals surface area contributed by atoms with Gasteiger partial charge < -0.3 is 10.5 Å². The Bertz CT molecular complexity index is 578. The maximum Gasteiger partial charge on any atom is 0.119 e. The van der Waals surface area contributed by atoms with Crippen LogP contribution in [-0.2, 0) is 0 Å². The van der Waals surface area contributed by atoms with Crippen LogP contribution in [0.15, 0.2) is 30.3 Å². The van der Waals surface area contributed by atoms with E-state index in [1.165, 1.54) is 11.3 Å². The monoisotopic (exact) mass is 313 g/mol. The molecular formula is C14H13Cl2NOS. The Kier molecular flexibility index (Phi) is 3.72. The summed E-state index contributed by atoms with van der Waals surface area (Å²) < 4.78 is 7.01. The first-order chi connectivity index (χ1) is 9.13. The van der Waals surface area contributed by atoms with Gasteiger partial charge in [0.25, 0.3) is 0 Å². The van der Waals surface area contributed by atoms with E-state index in [-0.39, 0.29) is 6.04 Å². The molecule has 0 saturated heterocycles. The van der Waals surface area contributed by atoms with Gasteiger partial charge in [0.15, 0.2) is 0 Å². The molecule has 0 bridgehead atoms. The highest BCUT2D eigenvalue weighted by Gasteiger charge is 2.23. The minimum Gasteiger partial charge on any atom is -0.490 e. The summed E-state index contributed by atoms with van der Waals surface area (Å²) in [7, 11) is 0. The Labute approximate surface area is 126 Å². The van der Waals surface area contributed by atoms with Crippen LogP contribution in [0.25, 0.3) is 0 Å². The highest BCUT2D eigenvalue weighted by Crippen LogP contribution is 2.37. The van der Waals surface area contributed by atoms with Crippen LogP contribution in [0.5, 0.6) is 5.75 Å². The number of rotatable bonds is 4. The molecule has 0 amide bonds. The summed E-state index contributed by atoms with van der Waals surface area (Å²) in [6.07, 6.45) is 2.72. The van der Waals surface area contributed by atoms with E-state index in [0.29, 0.717) is 14.8 Å². The lowest BCUT2D eigenvalue weighted by atomic mass is 10.0. The number of thiophene rings is 1. The summed E-state index contributed by atoms with van der Waals surface area (Å²) in [6.45, 7) is 0. The Morgan fingerprint density at radius 1 is 1.21 bits per heavy atom. The van der Waals surface area contributed by atoms with E-state index in [2.05, 4.69) is 0 Å². The number of halogens is 2. The fraction of sp³-hybridized carbons (Fsp3) is 0.286. The molecule has 100 valence electrons. The molecule has 1 heterocycles. The van der Waals surface area contributed by atoms with E-state index < -0.39 is 0 Å². The fourth-order valence-electron chi connectivity index (χ4n) is 1.88. The smallest absolute Gasteiger partial charge is 0.119 e. The first-order valence-electron chi connectivity index (χ1n) is 6.10. The van der Waals surface area contributed by atoms with Crippen molar-refractivity contribution in [2.24, 2.45) is 5.73 Å². The first kappa shape index (κ1) is 13.3. The van der Waals surface area contributed by atoms with Gasteiger partial charge in [0, 0.05) is 5.56 Å². The van der Waals surface area contributed by atoms with E-state index in [9.17, 15) is 0 Å². The molecule has 1 aliphatic carbocycles. The minimum atomic E-state index is -0.258. The van der Waals surface area contributed by atoms with E-state index in [1.807, 2.05) is 30.3 Å². The van der Waals surface area contributed by atoms with Crippen molar-refractivity contribution in [2.75, 3.05) is 0 Å². The van der Waals surface area contributed by atoms with Crippen LogP contribution in [0.4, 0.5) is 0 Å². The molecule has 2 aromatic rings. The lowest BCUT2D eigenvalue weighted by Gasteiger charge is -2.12. The quantitative estimate of drug-likeness (QED) is 0.892. The normalized spacial score (nSPS) is 16.4. The van der Waals surface area contributed by atoms with Crippen molar-refractivity contribution in [1.29, 1.82) is 0 Å². The zero-order chi connectivity index (χ0) is 13.4. The topological polar surface area (TPSA) is 35.2 Å². The zero-order valence-corrected chi connectivity index (χ0v) is 12.4. The third-order valence-corrected chi connectivity index (χ3v) is 4.60. The van der Waals surface area contributed by atoms with E-state index in [0.717, 1.165) is 29.7 Å². The second-order valence-corrected chi connectivity index (χ2v) is 6.93. The summed E-state index contributed by atoms with van der Waals surface area (Å²) in [5.74, 6) is 0.896. The summed E-state index contributed by atoms with van der Waals surface area (Å²) >= 11 is 13.4. The van der Waals surface area contributed by atoms with Gasteiger partial charge in [0.2, 0.25) is 0 Å². The molecule has 1 aromatic carbocycles. The summed E-state index contributed by atoms with van der Waals surface area (Å²) in [6, 6.07) is 9.43. The lowest BCUT2D eigenvalue weighted by molar-refractivity contribution is 0.303. The SMILES string of the molecule is NC(c1ccc(OC2CC2)cc1)c1cc(Cl)sc1Cl. The Balaban J connectivity index is 1.78. The Morgan fingerprint density at radius 2 is 1.89 bits per heavy atom. The average Bonchev–Trinajstić information content (AvgIpc) is 3.13. The number of nitrogens with two attached hydrogens (primary N) is 1. The molecule has 1 aliphatic rings. The highest BCUT2D eigenvalue weighted by molar-refractivity contribution is 7.20. The standard InChI is InChI=1S/C14H13Cl2NOS/c15-12-7-11(14(16)19-12)13(17)8-1-3-9(4-2-8)18-10-5-6-10/h1-4,7,10,13H,5-6,17H2. The summed E-state index contributed by atoms with van der Waals surface area (Å²) in [5.41, 5.74) is 8.08. The maximum absolute atomic E-state index is 6.22. The molecule has 2 nitrogen and oxygen atoms in total. The zero-order valence-electron chi connectivity index (χ0n) is 10.1. The predicted molar refractivity (Wildman–Crippen MR) is 80.5 cm³/mol. The first-order valence-corrected chi connectivity index (χ1v) is 7.67. The van der Waals surface area contributed by atoms with Crippen molar-refractivity contribution in [3.8, 4) is 5.75 Å².